The van der Waals surface area contributed by atoms with Gasteiger partial charge in [0.15, 0.2) is 0 Å². The van der Waals surface area contributed by atoms with Gasteiger partial charge in [0.05, 0.1) is 0 Å². The van der Waals surface area contributed by atoms with Crippen LogP contribution in [0, 0.1) is 13.8 Å². The van der Waals surface area contributed by atoms with Crippen LogP contribution in [0.1, 0.15) is 128 Å². The number of fused-ring (bicyclic) bond motifs is 1. The van der Waals surface area contributed by atoms with E-state index in [-0.39, 0.29) is 35.9 Å². The molecule has 224 valence electrons. The van der Waals surface area contributed by atoms with Crippen LogP contribution < -0.4 is 9.62 Å². The van der Waals surface area contributed by atoms with E-state index in [0.717, 1.165) is 22.6 Å². The van der Waals surface area contributed by atoms with Gasteiger partial charge < -0.3 is 9.62 Å². The minimum absolute atomic E-state index is 0. The van der Waals surface area contributed by atoms with Gasteiger partial charge >= 0.3 is 7.55 Å². The van der Waals surface area contributed by atoms with Crippen molar-refractivity contribution < 1.29 is 20.1 Å². The number of para-hydroxylation sites is 2. The number of hydrogen-bond acceptors (Lipinski definition) is 2. The minimum Gasteiger partial charge on any atom is -0.393 e. The molecule has 0 bridgehead atoms. The Morgan fingerprint density at radius 3 is 1.07 bits per heavy atom. The molecule has 0 saturated heterocycles. The molecule has 0 amide bonds. The van der Waals surface area contributed by atoms with E-state index < -0.39 is 0 Å². The van der Waals surface area contributed by atoms with Crippen LogP contribution in [0.5, 0.6) is 0 Å². The number of anilines is 2. The van der Waals surface area contributed by atoms with Crippen LogP contribution >= 0.6 is 15.8 Å². The topological polar surface area (TPSA) is 6.48 Å². The molecule has 2 nitrogen and oxygen atoms in total. The first-order valence-electron chi connectivity index (χ1n) is 16.9. The molecule has 40 heavy (non-hydrogen) atoms. The summed E-state index contributed by atoms with van der Waals surface area (Å²) in [5.74, 6) is 0. The van der Waals surface area contributed by atoms with Crippen molar-refractivity contribution in [1.82, 2.24) is 0 Å². The third kappa shape index (κ3) is 8.52. The molecule has 5 aliphatic rings. The zero-order chi connectivity index (χ0) is 26.9. The van der Waals surface area contributed by atoms with Crippen molar-refractivity contribution in [3.8, 4) is 0 Å². The monoisotopic (exact) mass is 758 g/mol. The van der Waals surface area contributed by atoms with Crippen LogP contribution in [-0.2, 0) is 20.1 Å². The maximum atomic E-state index is 3.00. The van der Waals surface area contributed by atoms with E-state index in [2.05, 4.69) is 55.3 Å². The van der Waals surface area contributed by atoms with E-state index in [1.807, 2.05) is 0 Å². The van der Waals surface area contributed by atoms with Gasteiger partial charge in [0.25, 0.3) is 0 Å². The summed E-state index contributed by atoms with van der Waals surface area (Å²) in [6.07, 6.45) is 32.8. The Morgan fingerprint density at radius 1 is 0.525 bits per heavy atom. The molecule has 6 heteroatoms. The van der Waals surface area contributed by atoms with Gasteiger partial charge in [-0.25, -0.2) is 0 Å². The summed E-state index contributed by atoms with van der Waals surface area (Å²) in [5, 5.41) is 0. The van der Waals surface area contributed by atoms with Gasteiger partial charge in [0.1, 0.15) is 0 Å². The van der Waals surface area contributed by atoms with Gasteiger partial charge in [-0.1, -0.05) is 119 Å². The fourth-order valence-electron chi connectivity index (χ4n) is 8.53. The molecule has 4 fully saturated rings. The van der Waals surface area contributed by atoms with Crippen molar-refractivity contribution >= 4 is 34.8 Å². The summed E-state index contributed by atoms with van der Waals surface area (Å²) in [6, 6.07) is 9.50. The number of benzene rings is 1. The van der Waals surface area contributed by atoms with E-state index in [1.54, 1.807) is 0 Å². The van der Waals surface area contributed by atoms with Gasteiger partial charge in [-0.05, 0) is 86.1 Å². The first kappa shape index (κ1) is 33.3. The van der Waals surface area contributed by atoms with Crippen molar-refractivity contribution in [2.75, 3.05) is 22.2 Å². The van der Waals surface area contributed by atoms with Crippen LogP contribution in [0.4, 0.5) is 11.4 Å². The largest absolute Gasteiger partial charge is 0.393 e. The van der Waals surface area contributed by atoms with E-state index in [1.165, 1.54) is 152 Å². The van der Waals surface area contributed by atoms with Crippen LogP contribution in [-0.4, -0.2) is 42.8 Å². The molecule has 1 aliphatic heterocycles. The second kappa shape index (κ2) is 17.6. The van der Waals surface area contributed by atoms with Crippen LogP contribution in [0.3, 0.4) is 0 Å². The first-order valence-corrected chi connectivity index (χ1v) is 20.2. The van der Waals surface area contributed by atoms with E-state index in [0.29, 0.717) is 0 Å². The van der Waals surface area contributed by atoms with E-state index >= 15 is 0 Å². The smallest absolute Gasteiger partial charge is 0.392 e. The third-order valence-corrected chi connectivity index (χ3v) is 17.7. The normalized spacial score (nSPS) is 23.4. The van der Waals surface area contributed by atoms with E-state index in [9.17, 15) is 0 Å². The van der Waals surface area contributed by atoms with Gasteiger partial charge in [-0.2, -0.15) is 0 Å². The molecule has 6 rings (SSSR count). The zero-order valence-electron chi connectivity index (χ0n) is 25.3. The third-order valence-electron chi connectivity index (χ3n) is 10.6. The van der Waals surface area contributed by atoms with Crippen molar-refractivity contribution in [3.63, 3.8) is 0 Å². The molecule has 4 radical (unpaired) electrons. The zero-order valence-corrected chi connectivity index (χ0v) is 29.5. The SMILES string of the molecule is [B]1N(CP(C2CCCCC2)C2CCCCC2)c2ccccc2N1CP(C1CCCCC1)C1CCCCC1.[CH2][CH2].[Ir]. The fraction of sp³-hybridized carbons (Fsp3) is 0.765. The van der Waals surface area contributed by atoms with Gasteiger partial charge in [0.2, 0.25) is 0 Å². The molecule has 1 aromatic carbocycles. The molecule has 4 saturated carbocycles. The first-order chi connectivity index (χ1) is 19.4. The molecule has 0 atom stereocenters. The molecule has 4 aliphatic carbocycles. The summed E-state index contributed by atoms with van der Waals surface area (Å²) in [4.78, 5) is 5.55. The van der Waals surface area contributed by atoms with Crippen molar-refractivity contribution in [2.24, 2.45) is 0 Å². The van der Waals surface area contributed by atoms with Crippen molar-refractivity contribution in [3.05, 3.63) is 38.1 Å². The molecular formula is C34H56BIrN2P2. The maximum Gasteiger partial charge on any atom is 0.392 e. The van der Waals surface area contributed by atoms with Gasteiger partial charge in [-0.15, -0.1) is 0 Å². The van der Waals surface area contributed by atoms with Gasteiger partial charge in [-0.3, -0.25) is 0 Å². The fourth-order valence-corrected chi connectivity index (χ4v) is 15.9. The molecular weight excluding hydrogens is 701 g/mol. The number of nitrogens with zero attached hydrogens (tertiary/aromatic N) is 2. The number of hydrogen-bond donors (Lipinski definition) is 0. The second-order valence-electron chi connectivity index (χ2n) is 13.0. The molecule has 0 N–H and O–H groups in total. The van der Waals surface area contributed by atoms with Crippen molar-refractivity contribution in [1.29, 1.82) is 0 Å². The summed E-state index contributed by atoms with van der Waals surface area (Å²) in [5.41, 5.74) is 7.19. The Balaban J connectivity index is 0.00000121. The van der Waals surface area contributed by atoms with Crippen LogP contribution in [0.25, 0.3) is 0 Å². The summed E-state index contributed by atoms with van der Waals surface area (Å²) < 4.78 is 0. The Morgan fingerprint density at radius 2 is 0.800 bits per heavy atom. The maximum absolute atomic E-state index is 3.00. The minimum atomic E-state index is 0. The van der Waals surface area contributed by atoms with E-state index in [4.69, 9.17) is 0 Å². The summed E-state index contributed by atoms with van der Waals surface area (Å²) in [6.45, 7) is 6.00. The average Bonchev–Trinajstić information content (AvgIpc) is 3.38. The predicted molar refractivity (Wildman–Crippen MR) is 179 cm³/mol. The second-order valence-corrected chi connectivity index (χ2v) is 18.6. The molecule has 1 heterocycles. The Labute approximate surface area is 265 Å². The van der Waals surface area contributed by atoms with Gasteiger partial charge in [0, 0.05) is 44.1 Å². The standard InChI is InChI=1S/C32H52BN2P2.C2H4.Ir/c1-5-15-27(16-6-1)36(28-17-7-2-8-18-28)25-34-31-23-13-14-24-32(31)35(33-34)26-37(29-19-9-3-10-20-29)30-21-11-4-12-22-30;1-2;/h13-14,23-24,27-30H,1-12,15-22,25-26H2;1-2H2;. The van der Waals surface area contributed by atoms with Crippen molar-refractivity contribution in [2.45, 2.75) is 151 Å². The Bertz CT molecular complexity index is 732. The molecule has 0 unspecified atom stereocenters. The average molecular weight is 758 g/mol. The Hall–Kier alpha value is 0.394. The number of rotatable bonds is 8. The quantitative estimate of drug-likeness (QED) is 0.193. The Kier molecular flexibility index (Phi) is 14.7. The predicted octanol–water partition coefficient (Wildman–Crippen LogP) is 10.7. The molecule has 0 spiro atoms. The summed E-state index contributed by atoms with van der Waals surface area (Å²) in [7, 11) is 2.79. The molecule has 0 aromatic heterocycles. The van der Waals surface area contributed by atoms with Crippen LogP contribution in [0.2, 0.25) is 0 Å². The van der Waals surface area contributed by atoms with Crippen LogP contribution in [0.15, 0.2) is 24.3 Å². The summed E-state index contributed by atoms with van der Waals surface area (Å²) >= 11 is 0. The molecule has 1 aromatic rings.